The average Bonchev–Trinajstić information content (AvgIpc) is 2.28. The van der Waals surface area contributed by atoms with Crippen LogP contribution in [0.3, 0.4) is 0 Å². The zero-order valence-electron chi connectivity index (χ0n) is 7.95. The molecule has 2 aliphatic heterocycles. The zero-order chi connectivity index (χ0) is 9.26. The molecule has 2 saturated heterocycles. The minimum atomic E-state index is 0.250. The normalized spacial score (nSPS) is 29.5. The Morgan fingerprint density at radius 3 is 2.85 bits per heavy atom. The van der Waals surface area contributed by atoms with E-state index in [1.807, 2.05) is 7.05 Å². The molecule has 0 spiro atoms. The van der Waals surface area contributed by atoms with Gasteiger partial charge in [-0.3, -0.25) is 4.79 Å². The van der Waals surface area contributed by atoms with Gasteiger partial charge in [-0.1, -0.05) is 0 Å². The van der Waals surface area contributed by atoms with Crippen LogP contribution >= 0.6 is 0 Å². The van der Waals surface area contributed by atoms with Gasteiger partial charge in [-0.2, -0.15) is 0 Å². The predicted molar refractivity (Wildman–Crippen MR) is 48.4 cm³/mol. The van der Waals surface area contributed by atoms with Gasteiger partial charge in [-0.05, 0) is 0 Å². The smallest absolute Gasteiger partial charge is 0.222 e. The lowest BCUT2D eigenvalue weighted by Gasteiger charge is -2.28. The largest absolute Gasteiger partial charge is 0.375 e. The Kier molecular flexibility index (Phi) is 2.51. The third kappa shape index (κ3) is 2.00. The second kappa shape index (κ2) is 3.64. The summed E-state index contributed by atoms with van der Waals surface area (Å²) in [5.41, 5.74) is 0. The van der Waals surface area contributed by atoms with E-state index >= 15 is 0 Å². The number of amides is 1. The predicted octanol–water partition coefficient (Wildman–Crippen LogP) is -0.547. The molecule has 74 valence electrons. The Balaban J connectivity index is 1.67. The third-order valence-corrected chi connectivity index (χ3v) is 2.73. The Hall–Kier alpha value is -0.610. The maximum atomic E-state index is 11.2. The topological polar surface area (TPSA) is 41.6 Å². The van der Waals surface area contributed by atoms with Crippen LogP contribution in [0, 0.1) is 5.92 Å². The first-order valence-corrected chi connectivity index (χ1v) is 4.82. The molecule has 1 N–H and O–H groups in total. The molecule has 1 atom stereocenters. The average molecular weight is 184 g/mol. The van der Waals surface area contributed by atoms with E-state index in [9.17, 15) is 4.79 Å². The molecule has 1 amide bonds. The number of rotatable bonds is 3. The lowest BCUT2D eigenvalue weighted by atomic mass is 10.1. The van der Waals surface area contributed by atoms with Gasteiger partial charge in [0.1, 0.15) is 0 Å². The van der Waals surface area contributed by atoms with Crippen LogP contribution < -0.4 is 5.32 Å². The first-order chi connectivity index (χ1) is 6.25. The molecule has 4 nitrogen and oxygen atoms in total. The van der Waals surface area contributed by atoms with Crippen LogP contribution in [0.2, 0.25) is 0 Å². The fourth-order valence-electron chi connectivity index (χ4n) is 1.72. The molecular formula is C9H16N2O2. The van der Waals surface area contributed by atoms with Crippen molar-refractivity contribution in [3.8, 4) is 0 Å². The highest BCUT2D eigenvalue weighted by molar-refractivity contribution is 5.78. The van der Waals surface area contributed by atoms with E-state index < -0.39 is 0 Å². The van der Waals surface area contributed by atoms with Crippen molar-refractivity contribution in [1.82, 2.24) is 10.2 Å². The standard InChI is InChI=1S/C9H16N2O2/c1-11-5-7(2-9(11)12)6-13-8-3-10-4-8/h7-8,10H,2-6H2,1H3. The number of nitrogens with one attached hydrogen (secondary N) is 1. The van der Waals surface area contributed by atoms with Gasteiger partial charge in [0.05, 0.1) is 12.7 Å². The number of hydrogen-bond donors (Lipinski definition) is 1. The van der Waals surface area contributed by atoms with E-state index in [-0.39, 0.29) is 5.91 Å². The molecule has 0 aromatic heterocycles. The van der Waals surface area contributed by atoms with Crippen LogP contribution in [-0.4, -0.2) is 50.2 Å². The molecule has 0 radical (unpaired) electrons. The molecule has 0 aromatic carbocycles. The van der Waals surface area contributed by atoms with Crippen molar-refractivity contribution in [1.29, 1.82) is 0 Å². The quantitative estimate of drug-likeness (QED) is 0.640. The van der Waals surface area contributed by atoms with Crippen LogP contribution in [0.1, 0.15) is 6.42 Å². The fraction of sp³-hybridized carbons (Fsp3) is 0.889. The molecule has 13 heavy (non-hydrogen) atoms. The number of ether oxygens (including phenoxy) is 1. The van der Waals surface area contributed by atoms with Gasteiger partial charge in [0.25, 0.3) is 0 Å². The Labute approximate surface area is 78.2 Å². The molecule has 2 aliphatic rings. The first kappa shape index (κ1) is 8.97. The highest BCUT2D eigenvalue weighted by atomic mass is 16.5. The molecule has 2 rings (SSSR count). The molecule has 0 bridgehead atoms. The van der Waals surface area contributed by atoms with Crippen molar-refractivity contribution in [2.75, 3.05) is 33.3 Å². The molecule has 2 heterocycles. The van der Waals surface area contributed by atoms with Gasteiger partial charge in [0.2, 0.25) is 5.91 Å². The van der Waals surface area contributed by atoms with Crippen LogP contribution in [0.5, 0.6) is 0 Å². The number of nitrogens with zero attached hydrogens (tertiary/aromatic N) is 1. The number of likely N-dealkylation sites (tertiary alicyclic amines) is 1. The summed E-state index contributed by atoms with van der Waals surface area (Å²) in [5, 5.41) is 3.15. The maximum absolute atomic E-state index is 11.2. The highest BCUT2D eigenvalue weighted by Gasteiger charge is 2.28. The minimum absolute atomic E-state index is 0.250. The summed E-state index contributed by atoms with van der Waals surface area (Å²) in [6.45, 7) is 3.54. The maximum Gasteiger partial charge on any atom is 0.222 e. The molecule has 4 heteroatoms. The van der Waals surface area contributed by atoms with E-state index in [2.05, 4.69) is 5.32 Å². The molecule has 0 aromatic rings. The monoisotopic (exact) mass is 184 g/mol. The van der Waals surface area contributed by atoms with Crippen molar-refractivity contribution < 1.29 is 9.53 Å². The van der Waals surface area contributed by atoms with Crippen molar-refractivity contribution in [3.05, 3.63) is 0 Å². The van der Waals surface area contributed by atoms with Crippen molar-refractivity contribution in [3.63, 3.8) is 0 Å². The van der Waals surface area contributed by atoms with E-state index in [4.69, 9.17) is 4.74 Å². The van der Waals surface area contributed by atoms with Crippen LogP contribution in [0.4, 0.5) is 0 Å². The fourth-order valence-corrected chi connectivity index (χ4v) is 1.72. The Morgan fingerprint density at radius 2 is 2.38 bits per heavy atom. The Bertz CT molecular complexity index is 204. The first-order valence-electron chi connectivity index (χ1n) is 4.82. The summed E-state index contributed by atoms with van der Waals surface area (Å²) >= 11 is 0. The molecule has 1 unspecified atom stereocenters. The van der Waals surface area contributed by atoms with Gasteiger partial charge < -0.3 is 15.0 Å². The highest BCUT2D eigenvalue weighted by Crippen LogP contribution is 2.17. The van der Waals surface area contributed by atoms with Gasteiger partial charge in [-0.15, -0.1) is 0 Å². The molecule has 0 aliphatic carbocycles. The van der Waals surface area contributed by atoms with Gasteiger partial charge in [0, 0.05) is 39.0 Å². The van der Waals surface area contributed by atoms with Gasteiger partial charge >= 0.3 is 0 Å². The Morgan fingerprint density at radius 1 is 1.62 bits per heavy atom. The number of hydrogen-bond acceptors (Lipinski definition) is 3. The van der Waals surface area contributed by atoms with Crippen molar-refractivity contribution in [2.24, 2.45) is 5.92 Å². The van der Waals surface area contributed by atoms with Crippen molar-refractivity contribution >= 4 is 5.91 Å². The summed E-state index contributed by atoms with van der Waals surface area (Å²) in [6.07, 6.45) is 1.05. The van der Waals surface area contributed by atoms with Crippen molar-refractivity contribution in [2.45, 2.75) is 12.5 Å². The molecule has 0 saturated carbocycles. The lowest BCUT2D eigenvalue weighted by Crippen LogP contribution is -2.49. The summed E-state index contributed by atoms with van der Waals surface area (Å²) in [7, 11) is 1.85. The van der Waals surface area contributed by atoms with Crippen LogP contribution in [0.25, 0.3) is 0 Å². The third-order valence-electron chi connectivity index (χ3n) is 2.73. The summed E-state index contributed by atoms with van der Waals surface area (Å²) < 4.78 is 5.62. The van der Waals surface area contributed by atoms with E-state index in [1.165, 1.54) is 0 Å². The summed E-state index contributed by atoms with van der Waals surface area (Å²) in [4.78, 5) is 13.0. The minimum Gasteiger partial charge on any atom is -0.375 e. The lowest BCUT2D eigenvalue weighted by molar-refractivity contribution is -0.126. The number of carbonyl (C=O) groups excluding carboxylic acids is 1. The van der Waals surface area contributed by atoms with Gasteiger partial charge in [-0.25, -0.2) is 0 Å². The second-order valence-corrected chi connectivity index (χ2v) is 3.96. The second-order valence-electron chi connectivity index (χ2n) is 3.96. The summed E-state index contributed by atoms with van der Waals surface area (Å²) in [6, 6.07) is 0. The molecule has 2 fully saturated rings. The van der Waals surface area contributed by atoms with E-state index in [0.29, 0.717) is 18.4 Å². The number of carbonyl (C=O) groups is 1. The van der Waals surface area contributed by atoms with Gasteiger partial charge in [0.15, 0.2) is 0 Å². The van der Waals surface area contributed by atoms with Crippen LogP contribution in [0.15, 0.2) is 0 Å². The van der Waals surface area contributed by atoms with E-state index in [0.717, 1.165) is 26.2 Å². The molecular weight excluding hydrogens is 168 g/mol. The summed E-state index contributed by atoms with van der Waals surface area (Å²) in [5.74, 6) is 0.665. The van der Waals surface area contributed by atoms with E-state index in [1.54, 1.807) is 4.90 Å². The zero-order valence-corrected chi connectivity index (χ0v) is 7.95. The van der Waals surface area contributed by atoms with Crippen LogP contribution in [-0.2, 0) is 9.53 Å². The SMILES string of the molecule is CN1CC(COC2CNC2)CC1=O.